The lowest BCUT2D eigenvalue weighted by Crippen LogP contribution is -2.52. The lowest BCUT2D eigenvalue weighted by molar-refractivity contribution is -0.142. The molecule has 1 atom stereocenters. The smallest absolute Gasteiger partial charge is 0.252 e. The van der Waals surface area contributed by atoms with E-state index in [2.05, 4.69) is 17.1 Å². The molecule has 1 aromatic carbocycles. The first-order chi connectivity index (χ1) is 19.3. The number of para-hydroxylation sites is 1. The summed E-state index contributed by atoms with van der Waals surface area (Å²) < 4.78 is 0. The normalized spacial score (nSPS) is 17.7. The van der Waals surface area contributed by atoms with E-state index in [-0.39, 0.29) is 36.9 Å². The number of amides is 3. The molecule has 3 heterocycles. The molecule has 5 rings (SSSR count). The van der Waals surface area contributed by atoms with E-state index in [9.17, 15) is 14.4 Å². The predicted octanol–water partition coefficient (Wildman–Crippen LogP) is 4.39. The van der Waals surface area contributed by atoms with Gasteiger partial charge in [0.2, 0.25) is 11.8 Å². The third kappa shape index (κ3) is 6.20. The molecule has 1 aliphatic carbocycles. The van der Waals surface area contributed by atoms with E-state index >= 15 is 0 Å². The number of fused-ring (bicyclic) bond motifs is 1. The first-order valence-corrected chi connectivity index (χ1v) is 15.2. The summed E-state index contributed by atoms with van der Waals surface area (Å²) in [6.45, 7) is 3.91. The zero-order valence-electron chi connectivity index (χ0n) is 23.7. The van der Waals surface area contributed by atoms with Gasteiger partial charge in [0.1, 0.15) is 0 Å². The molecule has 212 valence electrons. The first-order valence-electron chi connectivity index (χ1n) is 14.3. The quantitative estimate of drug-likeness (QED) is 0.441. The SMILES string of the molecule is C[C@H](NC(=O)c1c(CN2CCN(CC(=O)N(C)C)C(=O)C2)c(-c2cccs2)nc2ccccc12)C1CCCCC1. The van der Waals surface area contributed by atoms with Gasteiger partial charge < -0.3 is 15.1 Å². The summed E-state index contributed by atoms with van der Waals surface area (Å²) in [5.41, 5.74) is 3.07. The maximum Gasteiger partial charge on any atom is 0.252 e. The molecule has 9 heteroatoms. The highest BCUT2D eigenvalue weighted by Crippen LogP contribution is 2.34. The molecule has 8 nitrogen and oxygen atoms in total. The van der Waals surface area contributed by atoms with Crippen LogP contribution in [0.25, 0.3) is 21.5 Å². The standard InChI is InChI=1S/C31H39N5O3S/c1-21(22-10-5-4-6-11-22)32-31(39)29-23-12-7-8-13-25(23)33-30(26-14-9-17-40-26)24(29)18-35-15-16-36(28(38)19-35)20-27(37)34(2)3/h7-9,12-14,17,21-22H,4-6,10-11,15-16,18-20H2,1-3H3,(H,32,39)/t21-/m0/s1. The van der Waals surface area contributed by atoms with Crippen molar-refractivity contribution in [1.82, 2.24) is 25.0 Å². The zero-order chi connectivity index (χ0) is 28.2. The summed E-state index contributed by atoms with van der Waals surface area (Å²) in [6, 6.07) is 11.9. The Morgan fingerprint density at radius 1 is 1.10 bits per heavy atom. The van der Waals surface area contributed by atoms with Crippen molar-refractivity contribution < 1.29 is 14.4 Å². The number of hydrogen-bond donors (Lipinski definition) is 1. The Labute approximate surface area is 240 Å². The minimum absolute atomic E-state index is 0.0778. The van der Waals surface area contributed by atoms with Crippen molar-refractivity contribution in [3.63, 3.8) is 0 Å². The minimum atomic E-state index is -0.0912. The molecule has 2 aliphatic rings. The lowest BCUT2D eigenvalue weighted by Gasteiger charge is -2.35. The number of nitrogens with zero attached hydrogens (tertiary/aromatic N) is 4. The van der Waals surface area contributed by atoms with Gasteiger partial charge in [-0.15, -0.1) is 11.3 Å². The Morgan fingerprint density at radius 3 is 2.58 bits per heavy atom. The van der Waals surface area contributed by atoms with Crippen LogP contribution >= 0.6 is 11.3 Å². The van der Waals surface area contributed by atoms with Crippen molar-refractivity contribution >= 4 is 40.0 Å². The number of nitrogens with one attached hydrogen (secondary N) is 1. The summed E-state index contributed by atoms with van der Waals surface area (Å²) in [7, 11) is 3.40. The second-order valence-corrected chi connectivity index (χ2v) is 12.2. The van der Waals surface area contributed by atoms with Gasteiger partial charge in [-0.3, -0.25) is 19.3 Å². The van der Waals surface area contributed by atoms with Gasteiger partial charge in [0.15, 0.2) is 0 Å². The molecule has 0 spiro atoms. The van der Waals surface area contributed by atoms with E-state index in [0.29, 0.717) is 31.1 Å². The molecule has 2 fully saturated rings. The predicted molar refractivity (Wildman–Crippen MR) is 159 cm³/mol. The molecule has 2 aromatic heterocycles. The van der Waals surface area contributed by atoms with Gasteiger partial charge in [0.25, 0.3) is 5.91 Å². The van der Waals surface area contributed by atoms with Crippen LogP contribution in [0.5, 0.6) is 0 Å². The maximum absolute atomic E-state index is 14.1. The largest absolute Gasteiger partial charge is 0.349 e. The number of carbonyl (C=O) groups is 3. The van der Waals surface area contributed by atoms with Crippen LogP contribution in [0.15, 0.2) is 41.8 Å². The minimum Gasteiger partial charge on any atom is -0.349 e. The van der Waals surface area contributed by atoms with Crippen LogP contribution in [-0.4, -0.2) is 83.7 Å². The number of rotatable bonds is 8. The van der Waals surface area contributed by atoms with Crippen LogP contribution in [0.3, 0.4) is 0 Å². The average molecular weight is 562 g/mol. The van der Waals surface area contributed by atoms with Gasteiger partial charge in [-0.05, 0) is 43.2 Å². The maximum atomic E-state index is 14.1. The van der Waals surface area contributed by atoms with Gasteiger partial charge in [0, 0.05) is 50.7 Å². The number of benzene rings is 1. The van der Waals surface area contributed by atoms with Crippen molar-refractivity contribution in [3.05, 3.63) is 52.9 Å². The zero-order valence-corrected chi connectivity index (χ0v) is 24.5. The average Bonchev–Trinajstić information content (AvgIpc) is 3.49. The fraction of sp³-hybridized carbons (Fsp3) is 0.484. The lowest BCUT2D eigenvalue weighted by atomic mass is 9.84. The highest BCUT2D eigenvalue weighted by Gasteiger charge is 2.30. The molecule has 1 aliphatic heterocycles. The first kappa shape index (κ1) is 28.2. The second kappa shape index (κ2) is 12.5. The molecular weight excluding hydrogens is 522 g/mol. The van der Waals surface area contributed by atoms with Crippen LogP contribution in [-0.2, 0) is 16.1 Å². The van der Waals surface area contributed by atoms with Gasteiger partial charge >= 0.3 is 0 Å². The Morgan fingerprint density at radius 2 is 1.88 bits per heavy atom. The fourth-order valence-corrected chi connectivity index (χ4v) is 6.64. The molecule has 1 N–H and O–H groups in total. The molecule has 1 saturated heterocycles. The van der Waals surface area contributed by atoms with Crippen molar-refractivity contribution in [2.75, 3.05) is 40.3 Å². The topological polar surface area (TPSA) is 85.9 Å². The van der Waals surface area contributed by atoms with Crippen LogP contribution < -0.4 is 5.32 Å². The monoisotopic (exact) mass is 561 g/mol. The molecule has 3 aromatic rings. The van der Waals surface area contributed by atoms with E-state index in [1.165, 1.54) is 24.2 Å². The van der Waals surface area contributed by atoms with Gasteiger partial charge in [-0.2, -0.15) is 0 Å². The van der Waals surface area contributed by atoms with Crippen molar-refractivity contribution in [3.8, 4) is 10.6 Å². The number of piperazine rings is 1. The number of aromatic nitrogens is 1. The molecule has 0 radical (unpaired) electrons. The van der Waals surface area contributed by atoms with E-state index in [0.717, 1.165) is 39.9 Å². The second-order valence-electron chi connectivity index (χ2n) is 11.3. The number of thiophene rings is 1. The van der Waals surface area contributed by atoms with E-state index in [4.69, 9.17) is 4.98 Å². The van der Waals surface area contributed by atoms with E-state index < -0.39 is 0 Å². The van der Waals surface area contributed by atoms with Gasteiger partial charge in [0.05, 0.1) is 34.7 Å². The molecule has 40 heavy (non-hydrogen) atoms. The third-order valence-corrected chi connectivity index (χ3v) is 9.17. The number of carbonyl (C=O) groups excluding carboxylic acids is 3. The fourth-order valence-electron chi connectivity index (χ4n) is 5.90. The van der Waals surface area contributed by atoms with Crippen LogP contribution in [0.2, 0.25) is 0 Å². The number of pyridine rings is 1. The molecule has 1 saturated carbocycles. The van der Waals surface area contributed by atoms with Crippen molar-refractivity contribution in [1.29, 1.82) is 0 Å². The summed E-state index contributed by atoms with van der Waals surface area (Å²) in [5, 5.41) is 6.20. The Bertz CT molecular complexity index is 1370. The molecule has 0 unspecified atom stereocenters. The Balaban J connectivity index is 1.48. The summed E-state index contributed by atoms with van der Waals surface area (Å²) in [6.07, 6.45) is 6.01. The van der Waals surface area contributed by atoms with Crippen molar-refractivity contribution in [2.24, 2.45) is 5.92 Å². The van der Waals surface area contributed by atoms with E-state index in [1.807, 2.05) is 41.8 Å². The van der Waals surface area contributed by atoms with Gasteiger partial charge in [-0.25, -0.2) is 4.98 Å². The van der Waals surface area contributed by atoms with Gasteiger partial charge in [-0.1, -0.05) is 43.5 Å². The molecule has 3 amide bonds. The third-order valence-electron chi connectivity index (χ3n) is 8.29. The van der Waals surface area contributed by atoms with Crippen LogP contribution in [0.4, 0.5) is 0 Å². The molecular formula is C31H39N5O3S. The Kier molecular flexibility index (Phi) is 8.81. The highest BCUT2D eigenvalue weighted by atomic mass is 32.1. The number of hydrogen-bond acceptors (Lipinski definition) is 6. The molecule has 0 bridgehead atoms. The summed E-state index contributed by atoms with van der Waals surface area (Å²) in [4.78, 5) is 50.6. The highest BCUT2D eigenvalue weighted by molar-refractivity contribution is 7.13. The summed E-state index contributed by atoms with van der Waals surface area (Å²) in [5.74, 6) is 0.240. The van der Waals surface area contributed by atoms with E-state index in [1.54, 1.807) is 30.3 Å². The van der Waals surface area contributed by atoms with Crippen LogP contribution in [0, 0.1) is 5.92 Å². The van der Waals surface area contributed by atoms with Crippen LogP contribution in [0.1, 0.15) is 54.9 Å². The Hall–Kier alpha value is -3.30. The summed E-state index contributed by atoms with van der Waals surface area (Å²) >= 11 is 1.60. The van der Waals surface area contributed by atoms with Crippen molar-refractivity contribution in [2.45, 2.75) is 51.6 Å². The number of likely N-dealkylation sites (N-methyl/N-ethyl adjacent to an activating group) is 1.